The Balaban J connectivity index is 0.000000243. The van der Waals surface area contributed by atoms with E-state index in [9.17, 15) is 4.79 Å². The molecular weight excluding hydrogens is 238 g/mol. The molecule has 98 valence electrons. The number of aliphatic hydroxyl groups is 1. The summed E-state index contributed by atoms with van der Waals surface area (Å²) >= 11 is 0. The van der Waals surface area contributed by atoms with Crippen LogP contribution in [0, 0.1) is 0 Å². The minimum atomic E-state index is -1.18. The van der Waals surface area contributed by atoms with E-state index in [0.29, 0.717) is 0 Å². The average Bonchev–Trinajstić information content (AvgIpc) is 2.99. The first-order valence-corrected chi connectivity index (χ1v) is 4.90. The summed E-state index contributed by atoms with van der Waals surface area (Å²) in [5.74, 6) is -1.18. The molecule has 0 spiro atoms. The quantitative estimate of drug-likeness (QED) is 0.553. The molecule has 5 N–H and O–H groups in total. The summed E-state index contributed by atoms with van der Waals surface area (Å²) in [6.07, 6.45) is 8.06. The second kappa shape index (κ2) is 11.2. The van der Waals surface area contributed by atoms with Gasteiger partial charge in [0.15, 0.2) is 0 Å². The molecular formula is C10H15N5O3. The van der Waals surface area contributed by atoms with E-state index in [1.807, 2.05) is 24.5 Å². The number of H-pyrrole nitrogens is 1. The van der Waals surface area contributed by atoms with Gasteiger partial charge in [-0.1, -0.05) is 0 Å². The molecule has 0 saturated carbocycles. The number of carboxylic acids is 1. The second-order valence-corrected chi connectivity index (χ2v) is 2.81. The van der Waals surface area contributed by atoms with Crippen molar-refractivity contribution in [2.45, 2.75) is 6.04 Å². The molecule has 0 unspecified atom stereocenters. The molecule has 0 fully saturated rings. The van der Waals surface area contributed by atoms with Gasteiger partial charge in [-0.15, -0.1) is 0 Å². The van der Waals surface area contributed by atoms with Crippen LogP contribution in [0.15, 0.2) is 43.5 Å². The highest BCUT2D eigenvalue weighted by Gasteiger charge is 2.06. The second-order valence-electron chi connectivity index (χ2n) is 2.81. The van der Waals surface area contributed by atoms with Crippen LogP contribution in [0.1, 0.15) is 0 Å². The van der Waals surface area contributed by atoms with E-state index in [2.05, 4.69) is 19.9 Å². The number of nitrogens with one attached hydrogen (secondary N) is 1. The van der Waals surface area contributed by atoms with E-state index in [1.165, 1.54) is 19.0 Å². The lowest BCUT2D eigenvalue weighted by molar-refractivity contribution is -0.139. The Morgan fingerprint density at radius 1 is 1.17 bits per heavy atom. The van der Waals surface area contributed by atoms with Gasteiger partial charge < -0.3 is 20.9 Å². The van der Waals surface area contributed by atoms with Crippen molar-refractivity contribution in [1.82, 2.24) is 19.9 Å². The highest BCUT2D eigenvalue weighted by Crippen LogP contribution is 1.72. The van der Waals surface area contributed by atoms with Crippen molar-refractivity contribution in [3.63, 3.8) is 0 Å². The monoisotopic (exact) mass is 253 g/mol. The third-order valence-corrected chi connectivity index (χ3v) is 1.41. The van der Waals surface area contributed by atoms with Gasteiger partial charge in [0.05, 0.1) is 6.61 Å². The minimum Gasteiger partial charge on any atom is -0.480 e. The molecule has 0 aromatic carbocycles. The van der Waals surface area contributed by atoms with Gasteiger partial charge in [0.2, 0.25) is 0 Å². The van der Waals surface area contributed by atoms with Crippen molar-refractivity contribution in [2.24, 2.45) is 5.73 Å². The number of aromatic nitrogens is 4. The number of carboxylic acid groups (broad SMARTS) is 1. The zero-order chi connectivity index (χ0) is 13.6. The predicted molar refractivity (Wildman–Crippen MR) is 63.3 cm³/mol. The number of carbonyl (C=O) groups is 1. The van der Waals surface area contributed by atoms with Crippen LogP contribution in [-0.4, -0.2) is 48.8 Å². The number of hydrogen-bond donors (Lipinski definition) is 4. The molecule has 2 aromatic heterocycles. The minimum absolute atomic E-state index is 0.505. The van der Waals surface area contributed by atoms with Crippen LogP contribution in [0.4, 0.5) is 0 Å². The van der Waals surface area contributed by atoms with Gasteiger partial charge in [-0.2, -0.15) is 0 Å². The van der Waals surface area contributed by atoms with Crippen LogP contribution in [0.5, 0.6) is 0 Å². The summed E-state index contributed by atoms with van der Waals surface area (Å²) in [6.45, 7) is -0.505. The Morgan fingerprint density at radius 2 is 1.61 bits per heavy atom. The summed E-state index contributed by atoms with van der Waals surface area (Å²) in [4.78, 5) is 23.2. The fraction of sp³-hybridized carbons (Fsp3) is 0.200. The van der Waals surface area contributed by atoms with Crippen molar-refractivity contribution in [1.29, 1.82) is 0 Å². The van der Waals surface area contributed by atoms with E-state index in [1.54, 1.807) is 0 Å². The number of aliphatic carboxylic acids is 1. The van der Waals surface area contributed by atoms with Gasteiger partial charge in [-0.25, -0.2) is 15.0 Å². The first kappa shape index (κ1) is 15.7. The first-order valence-electron chi connectivity index (χ1n) is 4.90. The van der Waals surface area contributed by atoms with Crippen molar-refractivity contribution in [3.05, 3.63) is 43.5 Å². The van der Waals surface area contributed by atoms with Crippen LogP contribution in [0.25, 0.3) is 0 Å². The average molecular weight is 253 g/mol. The molecule has 0 aliphatic heterocycles. The van der Waals surface area contributed by atoms with Gasteiger partial charge in [0.25, 0.3) is 0 Å². The van der Waals surface area contributed by atoms with E-state index >= 15 is 0 Å². The Labute approximate surface area is 104 Å². The first-order chi connectivity index (χ1) is 8.68. The lowest BCUT2D eigenvalue weighted by Crippen LogP contribution is -2.33. The number of nitrogens with two attached hydrogens (primary N) is 1. The Bertz CT molecular complexity index is 338. The highest BCUT2D eigenvalue weighted by atomic mass is 16.4. The Hall–Kier alpha value is -2.32. The summed E-state index contributed by atoms with van der Waals surface area (Å²) in [6, 6.07) is 2.76. The van der Waals surface area contributed by atoms with Gasteiger partial charge in [0, 0.05) is 12.4 Å². The number of nitrogens with zero attached hydrogens (tertiary/aromatic N) is 3. The molecule has 2 heterocycles. The zero-order valence-corrected chi connectivity index (χ0v) is 9.55. The van der Waals surface area contributed by atoms with E-state index in [0.717, 1.165) is 0 Å². The third kappa shape index (κ3) is 10.2. The summed E-state index contributed by atoms with van der Waals surface area (Å²) in [5, 5.41) is 15.9. The zero-order valence-electron chi connectivity index (χ0n) is 9.55. The topological polar surface area (TPSA) is 138 Å². The molecule has 8 nitrogen and oxygen atoms in total. The normalized spacial score (nSPS) is 10.1. The van der Waals surface area contributed by atoms with Gasteiger partial charge in [-0.05, 0) is 12.1 Å². The Morgan fingerprint density at radius 3 is 1.72 bits per heavy atom. The fourth-order valence-electron chi connectivity index (χ4n) is 0.561. The third-order valence-electron chi connectivity index (χ3n) is 1.41. The molecule has 0 aliphatic carbocycles. The molecule has 0 radical (unpaired) electrons. The summed E-state index contributed by atoms with van der Waals surface area (Å²) in [5.41, 5.74) is 4.77. The van der Waals surface area contributed by atoms with Crippen LogP contribution in [0.2, 0.25) is 0 Å². The van der Waals surface area contributed by atoms with Gasteiger partial charge in [0.1, 0.15) is 25.0 Å². The Kier molecular flexibility index (Phi) is 9.73. The van der Waals surface area contributed by atoms with Crippen LogP contribution in [0.3, 0.4) is 0 Å². The van der Waals surface area contributed by atoms with Crippen molar-refractivity contribution in [2.75, 3.05) is 6.61 Å². The molecule has 8 heteroatoms. The largest absolute Gasteiger partial charge is 0.480 e. The summed E-state index contributed by atoms with van der Waals surface area (Å²) in [7, 11) is 0. The maximum atomic E-state index is 9.65. The molecule has 1 atom stereocenters. The summed E-state index contributed by atoms with van der Waals surface area (Å²) < 4.78 is 0. The fourth-order valence-corrected chi connectivity index (χ4v) is 0.561. The van der Waals surface area contributed by atoms with E-state index in [-0.39, 0.29) is 0 Å². The standard InChI is InChI=1S/C4H5N.C3H3N3.C3H7NO3/c1-2-4-5-3-1;1-4-2-6-3-5-1;4-2(1-5)3(6)7/h1-5H;1-3H;2,5H,1,4H2,(H,6,7)/t;;2-/m..0/s1. The maximum Gasteiger partial charge on any atom is 0.322 e. The van der Waals surface area contributed by atoms with Crippen LogP contribution in [-0.2, 0) is 4.79 Å². The molecule has 2 aromatic rings. The number of rotatable bonds is 2. The molecule has 0 aliphatic rings. The maximum absolute atomic E-state index is 9.65. The van der Waals surface area contributed by atoms with Crippen LogP contribution >= 0.6 is 0 Å². The lowest BCUT2D eigenvalue weighted by Gasteiger charge is -1.96. The molecule has 18 heavy (non-hydrogen) atoms. The number of aliphatic hydroxyl groups excluding tert-OH is 1. The highest BCUT2D eigenvalue weighted by molar-refractivity contribution is 5.73. The molecule has 0 saturated heterocycles. The number of hydrogen-bond acceptors (Lipinski definition) is 6. The molecule has 0 bridgehead atoms. The molecule has 2 rings (SSSR count). The SMILES string of the molecule is N[C@@H](CO)C(=O)O.c1cc[nH]c1.c1ncncn1. The van der Waals surface area contributed by atoms with Gasteiger partial charge in [-0.3, -0.25) is 4.79 Å². The number of aromatic amines is 1. The van der Waals surface area contributed by atoms with Crippen molar-refractivity contribution in [3.8, 4) is 0 Å². The van der Waals surface area contributed by atoms with Crippen molar-refractivity contribution >= 4 is 5.97 Å². The van der Waals surface area contributed by atoms with Gasteiger partial charge >= 0.3 is 5.97 Å². The van der Waals surface area contributed by atoms with E-state index < -0.39 is 18.6 Å². The molecule has 0 amide bonds. The van der Waals surface area contributed by atoms with E-state index in [4.69, 9.17) is 15.9 Å². The van der Waals surface area contributed by atoms with Crippen LogP contribution < -0.4 is 5.73 Å². The lowest BCUT2D eigenvalue weighted by atomic mass is 10.3. The van der Waals surface area contributed by atoms with Crippen molar-refractivity contribution < 1.29 is 15.0 Å². The smallest absolute Gasteiger partial charge is 0.322 e. The predicted octanol–water partition coefficient (Wildman–Crippen LogP) is -0.723.